The molecule has 2 heterocycles. The summed E-state index contributed by atoms with van der Waals surface area (Å²) in [6.45, 7) is 1.15. The van der Waals surface area contributed by atoms with E-state index in [1.807, 2.05) is 0 Å². The first-order chi connectivity index (χ1) is 10.6. The van der Waals surface area contributed by atoms with Crippen molar-refractivity contribution in [3.05, 3.63) is 45.6 Å². The van der Waals surface area contributed by atoms with Gasteiger partial charge in [-0.15, -0.1) is 0 Å². The largest absolute Gasteiger partial charge is 0.493 e. The number of benzene rings is 1. The molecule has 0 saturated heterocycles. The molecule has 0 spiro atoms. The van der Waals surface area contributed by atoms with Gasteiger partial charge in [0.05, 0.1) is 6.61 Å². The smallest absolute Gasteiger partial charge is 0.414 e. The van der Waals surface area contributed by atoms with E-state index >= 15 is 0 Å². The Balaban J connectivity index is 1.52. The van der Waals surface area contributed by atoms with E-state index in [1.54, 1.807) is 28.8 Å². The minimum atomic E-state index is -0.521. The summed E-state index contributed by atoms with van der Waals surface area (Å²) < 4.78 is 12.9. The van der Waals surface area contributed by atoms with Gasteiger partial charge in [-0.1, -0.05) is 11.6 Å². The Hall–Kier alpha value is -2.28. The highest BCUT2D eigenvalue weighted by Gasteiger charge is 2.27. The van der Waals surface area contributed by atoms with Gasteiger partial charge in [-0.3, -0.25) is 4.57 Å². The van der Waals surface area contributed by atoms with Crippen LogP contribution in [0, 0.1) is 10.1 Å². The lowest BCUT2D eigenvalue weighted by atomic mass is 10.2. The summed E-state index contributed by atoms with van der Waals surface area (Å²) in [4.78, 5) is 14.0. The van der Waals surface area contributed by atoms with Crippen molar-refractivity contribution in [3.8, 4) is 11.8 Å². The van der Waals surface area contributed by atoms with Crippen LogP contribution >= 0.6 is 11.6 Å². The maximum Gasteiger partial charge on any atom is 0.414 e. The third kappa shape index (κ3) is 3.30. The molecule has 0 N–H and O–H groups in total. The van der Waals surface area contributed by atoms with Crippen LogP contribution in [0.1, 0.15) is 12.8 Å². The number of nitro groups is 1. The summed E-state index contributed by atoms with van der Waals surface area (Å²) in [6.07, 6.45) is 2.80. The van der Waals surface area contributed by atoms with Gasteiger partial charge < -0.3 is 19.6 Å². The zero-order valence-corrected chi connectivity index (χ0v) is 12.4. The van der Waals surface area contributed by atoms with Crippen LogP contribution in [0.15, 0.2) is 30.5 Å². The van der Waals surface area contributed by atoms with Gasteiger partial charge in [0.15, 0.2) is 0 Å². The van der Waals surface area contributed by atoms with Crippen molar-refractivity contribution >= 4 is 17.4 Å². The van der Waals surface area contributed by atoms with E-state index in [0.29, 0.717) is 30.6 Å². The second kappa shape index (κ2) is 6.23. The van der Waals surface area contributed by atoms with Gasteiger partial charge in [-0.25, -0.2) is 0 Å². The summed E-state index contributed by atoms with van der Waals surface area (Å²) in [7, 11) is 0. The van der Waals surface area contributed by atoms with Gasteiger partial charge in [-0.05, 0) is 29.2 Å². The minimum Gasteiger partial charge on any atom is -0.493 e. The number of aromatic nitrogens is 2. The summed E-state index contributed by atoms with van der Waals surface area (Å²) >= 11 is 5.81. The number of fused-ring (bicyclic) bond motifs is 1. The summed E-state index contributed by atoms with van der Waals surface area (Å²) in [5.74, 6) is 0.561. The molecule has 7 nitrogen and oxygen atoms in total. The molecule has 3 rings (SSSR count). The number of aryl methyl sites for hydroxylation is 1. The average Bonchev–Trinajstić information content (AvgIpc) is 2.93. The van der Waals surface area contributed by atoms with Gasteiger partial charge in [0.2, 0.25) is 0 Å². The highest BCUT2D eigenvalue weighted by Crippen LogP contribution is 2.25. The predicted octanol–water partition coefficient (Wildman–Crippen LogP) is 3.06. The van der Waals surface area contributed by atoms with Gasteiger partial charge in [0, 0.05) is 29.4 Å². The normalized spacial score (nSPS) is 16.7. The molecule has 2 aromatic rings. The van der Waals surface area contributed by atoms with E-state index in [2.05, 4.69) is 4.98 Å². The molecule has 22 heavy (non-hydrogen) atoms. The molecule has 1 aromatic heterocycles. The molecule has 1 aliphatic heterocycles. The van der Waals surface area contributed by atoms with Crippen molar-refractivity contribution in [1.82, 2.24) is 9.55 Å². The average molecular weight is 324 g/mol. The molecule has 0 bridgehead atoms. The first kappa shape index (κ1) is 14.6. The predicted molar refractivity (Wildman–Crippen MR) is 79.5 cm³/mol. The monoisotopic (exact) mass is 323 g/mol. The molecule has 0 radical (unpaired) electrons. The maximum atomic E-state index is 10.7. The van der Waals surface area contributed by atoms with E-state index in [9.17, 15) is 10.1 Å². The molecule has 116 valence electrons. The summed E-state index contributed by atoms with van der Waals surface area (Å²) in [5.41, 5.74) is 0. The standard InChI is InChI=1S/C14H14ClN3O4/c15-10-1-3-11(4-2-10)21-8-6-12-5-7-17-9-13(18(19)20)16-14(17)22-12/h1-4,9,12H,5-8H2/t12-/m1/s1. The van der Waals surface area contributed by atoms with Crippen molar-refractivity contribution in [2.75, 3.05) is 6.61 Å². The number of hydrogen-bond donors (Lipinski definition) is 0. The fourth-order valence-corrected chi connectivity index (χ4v) is 2.39. The Morgan fingerprint density at radius 1 is 1.45 bits per heavy atom. The maximum absolute atomic E-state index is 10.7. The summed E-state index contributed by atoms with van der Waals surface area (Å²) in [5, 5.41) is 11.4. The van der Waals surface area contributed by atoms with E-state index in [0.717, 1.165) is 12.2 Å². The van der Waals surface area contributed by atoms with Crippen LogP contribution in [0.25, 0.3) is 0 Å². The van der Waals surface area contributed by atoms with Gasteiger partial charge in [-0.2, -0.15) is 0 Å². The van der Waals surface area contributed by atoms with E-state index in [1.165, 1.54) is 6.20 Å². The molecule has 0 aliphatic carbocycles. The van der Waals surface area contributed by atoms with Crippen LogP contribution in [-0.4, -0.2) is 27.2 Å². The van der Waals surface area contributed by atoms with E-state index in [-0.39, 0.29) is 11.9 Å². The van der Waals surface area contributed by atoms with Crippen molar-refractivity contribution in [1.29, 1.82) is 0 Å². The number of rotatable bonds is 5. The molecular formula is C14H14ClN3O4. The Morgan fingerprint density at radius 2 is 2.23 bits per heavy atom. The van der Waals surface area contributed by atoms with Crippen LogP contribution in [0.3, 0.4) is 0 Å². The highest BCUT2D eigenvalue weighted by molar-refractivity contribution is 6.30. The van der Waals surface area contributed by atoms with Gasteiger partial charge in [0.25, 0.3) is 0 Å². The first-order valence-corrected chi connectivity index (χ1v) is 7.26. The molecule has 1 aromatic carbocycles. The van der Waals surface area contributed by atoms with Crippen LogP contribution < -0.4 is 9.47 Å². The van der Waals surface area contributed by atoms with Crippen molar-refractivity contribution < 1.29 is 14.4 Å². The lowest BCUT2D eigenvalue weighted by molar-refractivity contribution is -0.389. The Labute approximate surface area is 131 Å². The number of nitrogens with zero attached hydrogens (tertiary/aromatic N) is 3. The second-order valence-corrected chi connectivity index (χ2v) is 5.39. The lowest BCUT2D eigenvalue weighted by Crippen LogP contribution is -2.27. The van der Waals surface area contributed by atoms with E-state index < -0.39 is 4.92 Å². The zero-order valence-electron chi connectivity index (χ0n) is 11.6. The van der Waals surface area contributed by atoms with Crippen LogP contribution in [0.5, 0.6) is 11.8 Å². The third-order valence-electron chi connectivity index (χ3n) is 3.40. The molecule has 8 heteroatoms. The lowest BCUT2D eigenvalue weighted by Gasteiger charge is -2.22. The van der Waals surface area contributed by atoms with Crippen LogP contribution in [0.2, 0.25) is 5.02 Å². The first-order valence-electron chi connectivity index (χ1n) is 6.88. The Morgan fingerprint density at radius 3 is 2.95 bits per heavy atom. The van der Waals surface area contributed by atoms with E-state index in [4.69, 9.17) is 21.1 Å². The van der Waals surface area contributed by atoms with Crippen molar-refractivity contribution in [3.63, 3.8) is 0 Å². The molecule has 0 saturated carbocycles. The molecule has 0 fully saturated rings. The Bertz CT molecular complexity index is 671. The van der Waals surface area contributed by atoms with Crippen molar-refractivity contribution in [2.24, 2.45) is 0 Å². The molecule has 1 aliphatic rings. The molecule has 1 atom stereocenters. The SMILES string of the molecule is O=[N+]([O-])c1cn2c(n1)O[C@@H](CCOc1ccc(Cl)cc1)CC2. The van der Waals surface area contributed by atoms with Gasteiger partial charge >= 0.3 is 11.8 Å². The fourth-order valence-electron chi connectivity index (χ4n) is 2.26. The molecular weight excluding hydrogens is 310 g/mol. The minimum absolute atomic E-state index is 0.0539. The topological polar surface area (TPSA) is 79.4 Å². The molecule has 0 unspecified atom stereocenters. The number of imidazole rings is 1. The zero-order chi connectivity index (χ0) is 15.5. The fraction of sp³-hybridized carbons (Fsp3) is 0.357. The summed E-state index contributed by atoms with van der Waals surface area (Å²) in [6, 6.07) is 7.45. The third-order valence-corrected chi connectivity index (χ3v) is 3.65. The van der Waals surface area contributed by atoms with Crippen molar-refractivity contribution in [2.45, 2.75) is 25.5 Å². The van der Waals surface area contributed by atoms with Crippen LogP contribution in [0.4, 0.5) is 5.82 Å². The number of halogens is 1. The molecule has 0 amide bonds. The number of hydrogen-bond acceptors (Lipinski definition) is 5. The quantitative estimate of drug-likeness (QED) is 0.624. The second-order valence-electron chi connectivity index (χ2n) is 4.95. The highest BCUT2D eigenvalue weighted by atomic mass is 35.5. The van der Waals surface area contributed by atoms with Gasteiger partial charge in [0.1, 0.15) is 18.1 Å². The number of ether oxygens (including phenoxy) is 2. The van der Waals surface area contributed by atoms with Crippen LogP contribution in [-0.2, 0) is 6.54 Å². The Kier molecular flexibility index (Phi) is 4.15.